The molecule has 3 rings (SSSR count). The Morgan fingerprint density at radius 2 is 1.78 bits per heavy atom. The van der Waals surface area contributed by atoms with E-state index < -0.39 is 10.0 Å². The minimum Gasteiger partial charge on any atom is -0.341 e. The van der Waals surface area contributed by atoms with Crippen molar-refractivity contribution in [3.8, 4) is 0 Å². The molecule has 1 aromatic carbocycles. The van der Waals surface area contributed by atoms with Gasteiger partial charge in [0.2, 0.25) is 15.9 Å². The fourth-order valence-corrected chi connectivity index (χ4v) is 5.96. The van der Waals surface area contributed by atoms with Crippen LogP contribution in [0.25, 0.3) is 0 Å². The van der Waals surface area contributed by atoms with Gasteiger partial charge in [-0.25, -0.2) is 8.42 Å². The first-order chi connectivity index (χ1) is 15.1. The highest BCUT2D eigenvalue weighted by Gasteiger charge is 2.26. The lowest BCUT2D eigenvalue weighted by Gasteiger charge is -2.34. The third-order valence-corrected chi connectivity index (χ3v) is 7.76. The van der Waals surface area contributed by atoms with Crippen LogP contribution in [0.2, 0.25) is 0 Å². The Hall–Kier alpha value is -2.07. The van der Waals surface area contributed by atoms with Crippen molar-refractivity contribution in [2.45, 2.75) is 52.4 Å². The summed E-state index contributed by atoms with van der Waals surface area (Å²) >= 11 is 1.36. The third kappa shape index (κ3) is 6.04. The number of carbonyl (C=O) groups excluding carboxylic acids is 1. The smallest absolute Gasteiger partial charge is 0.233 e. The van der Waals surface area contributed by atoms with Crippen molar-refractivity contribution in [2.75, 3.05) is 29.4 Å². The lowest BCUT2D eigenvalue weighted by atomic mass is 9.92. The second-order valence-corrected chi connectivity index (χ2v) is 11.6. The van der Waals surface area contributed by atoms with E-state index in [0.717, 1.165) is 25.1 Å². The number of sulfonamides is 1. The topological polar surface area (TPSA) is 88.4 Å². The first kappa shape index (κ1) is 24.6. The predicted octanol–water partition coefficient (Wildman–Crippen LogP) is 3.17. The maximum atomic E-state index is 12.8. The molecule has 0 N–H and O–H groups in total. The molecule has 32 heavy (non-hydrogen) atoms. The van der Waals surface area contributed by atoms with E-state index in [-0.39, 0.29) is 12.5 Å². The van der Waals surface area contributed by atoms with Crippen LogP contribution in [-0.4, -0.2) is 59.1 Å². The molecule has 176 valence electrons. The van der Waals surface area contributed by atoms with Crippen LogP contribution in [0.4, 0.5) is 5.69 Å². The number of rotatable bonds is 8. The quantitative estimate of drug-likeness (QED) is 0.541. The van der Waals surface area contributed by atoms with E-state index in [9.17, 15) is 13.2 Å². The fraction of sp³-hybridized carbons (Fsp3) is 0.591. The van der Waals surface area contributed by atoms with Gasteiger partial charge in [-0.2, -0.15) is 0 Å². The highest BCUT2D eigenvalue weighted by molar-refractivity contribution is 7.99. The molecule has 2 heterocycles. The number of thioether (sulfide) groups is 1. The zero-order valence-electron chi connectivity index (χ0n) is 19.5. The number of anilines is 1. The number of carbonyl (C=O) groups is 1. The molecule has 1 amide bonds. The Bertz CT molecular complexity index is 1030. The van der Waals surface area contributed by atoms with Crippen molar-refractivity contribution in [3.05, 3.63) is 35.7 Å². The molecule has 1 fully saturated rings. The fourth-order valence-electron chi connectivity index (χ4n) is 4.18. The molecule has 10 heteroatoms. The first-order valence-electron chi connectivity index (χ1n) is 11.0. The molecule has 0 aliphatic carbocycles. The second-order valence-electron chi connectivity index (χ2n) is 8.78. The molecule has 0 unspecified atom stereocenters. The number of benzene rings is 1. The molecule has 0 bridgehead atoms. The van der Waals surface area contributed by atoms with Gasteiger partial charge in [-0.3, -0.25) is 9.10 Å². The minimum atomic E-state index is -3.51. The normalized spacial score (nSPS) is 19.2. The van der Waals surface area contributed by atoms with Gasteiger partial charge in [0, 0.05) is 19.6 Å². The standard InChI is InChI=1S/C22H33N5O3S2/c1-6-26-20(14-27(32(5,29)30)19-9-7-16(2)8-10-19)23-24-22(26)31-15-21(28)25-12-17(3)11-18(4)13-25/h7-10,17-18H,6,11-15H2,1-5H3/t17-,18-/m0/s1. The molecule has 0 saturated carbocycles. The zero-order chi connectivity index (χ0) is 23.5. The van der Waals surface area contributed by atoms with E-state index in [1.54, 1.807) is 12.1 Å². The summed E-state index contributed by atoms with van der Waals surface area (Å²) in [6.45, 7) is 10.6. The van der Waals surface area contributed by atoms with Crippen LogP contribution in [0.5, 0.6) is 0 Å². The van der Waals surface area contributed by atoms with Gasteiger partial charge in [-0.05, 0) is 44.2 Å². The number of hydrogen-bond acceptors (Lipinski definition) is 6. The number of hydrogen-bond donors (Lipinski definition) is 0. The number of nitrogens with zero attached hydrogens (tertiary/aromatic N) is 5. The van der Waals surface area contributed by atoms with E-state index in [1.807, 2.05) is 35.4 Å². The van der Waals surface area contributed by atoms with Crippen molar-refractivity contribution in [2.24, 2.45) is 11.8 Å². The Morgan fingerprint density at radius 1 is 1.16 bits per heavy atom. The summed E-state index contributed by atoms with van der Waals surface area (Å²) in [5, 5.41) is 9.15. The molecule has 2 atom stereocenters. The largest absolute Gasteiger partial charge is 0.341 e. The van der Waals surface area contributed by atoms with Gasteiger partial charge in [0.1, 0.15) is 0 Å². The molecule has 2 aromatic rings. The van der Waals surface area contributed by atoms with Gasteiger partial charge in [-0.1, -0.05) is 43.3 Å². The summed E-state index contributed by atoms with van der Waals surface area (Å²) in [7, 11) is -3.51. The van der Waals surface area contributed by atoms with E-state index in [1.165, 1.54) is 22.3 Å². The molecule has 0 radical (unpaired) electrons. The van der Waals surface area contributed by atoms with Gasteiger partial charge in [-0.15, -0.1) is 10.2 Å². The first-order valence-corrected chi connectivity index (χ1v) is 13.8. The molecular weight excluding hydrogens is 446 g/mol. The summed E-state index contributed by atoms with van der Waals surface area (Å²) in [5.41, 5.74) is 1.64. The summed E-state index contributed by atoms with van der Waals surface area (Å²) in [4.78, 5) is 14.7. The van der Waals surface area contributed by atoms with Crippen molar-refractivity contribution >= 4 is 33.4 Å². The van der Waals surface area contributed by atoms with E-state index in [2.05, 4.69) is 24.0 Å². The number of piperidine rings is 1. The Labute approximate surface area is 195 Å². The predicted molar refractivity (Wildman–Crippen MR) is 128 cm³/mol. The van der Waals surface area contributed by atoms with Gasteiger partial charge >= 0.3 is 0 Å². The summed E-state index contributed by atoms with van der Waals surface area (Å²) in [6.07, 6.45) is 2.34. The number of aryl methyl sites for hydroxylation is 1. The van der Waals surface area contributed by atoms with Crippen molar-refractivity contribution in [1.29, 1.82) is 0 Å². The molecule has 1 aromatic heterocycles. The lowest BCUT2D eigenvalue weighted by Crippen LogP contribution is -2.43. The highest BCUT2D eigenvalue weighted by atomic mass is 32.2. The lowest BCUT2D eigenvalue weighted by molar-refractivity contribution is -0.130. The Kier molecular flexibility index (Phi) is 7.87. The molecule has 1 aliphatic heterocycles. The number of likely N-dealkylation sites (tertiary alicyclic amines) is 1. The summed E-state index contributed by atoms with van der Waals surface area (Å²) in [6, 6.07) is 7.34. The van der Waals surface area contributed by atoms with Crippen LogP contribution in [-0.2, 0) is 27.9 Å². The highest BCUT2D eigenvalue weighted by Crippen LogP contribution is 2.25. The van der Waals surface area contributed by atoms with Crippen LogP contribution in [0, 0.1) is 18.8 Å². The molecule has 0 spiro atoms. The minimum absolute atomic E-state index is 0.0817. The Morgan fingerprint density at radius 3 is 2.34 bits per heavy atom. The van der Waals surface area contributed by atoms with Crippen molar-refractivity contribution < 1.29 is 13.2 Å². The van der Waals surface area contributed by atoms with Crippen LogP contribution in [0.3, 0.4) is 0 Å². The monoisotopic (exact) mass is 479 g/mol. The number of aromatic nitrogens is 3. The molecule has 1 saturated heterocycles. The second kappa shape index (κ2) is 10.2. The summed E-state index contributed by atoms with van der Waals surface area (Å²) < 4.78 is 28.2. The van der Waals surface area contributed by atoms with Gasteiger partial charge in [0.05, 0.1) is 24.2 Å². The van der Waals surface area contributed by atoms with E-state index >= 15 is 0 Å². The average Bonchev–Trinajstić information content (AvgIpc) is 3.11. The van der Waals surface area contributed by atoms with Crippen LogP contribution in [0.1, 0.15) is 38.6 Å². The SMILES string of the molecule is CCn1c(CN(c2ccc(C)cc2)S(C)(=O)=O)nnc1SCC(=O)N1C[C@@H](C)C[C@H](C)C1. The van der Waals surface area contributed by atoms with E-state index in [4.69, 9.17) is 0 Å². The maximum Gasteiger partial charge on any atom is 0.233 e. The van der Waals surface area contributed by atoms with Gasteiger partial charge < -0.3 is 9.47 Å². The summed E-state index contributed by atoms with van der Waals surface area (Å²) in [5.74, 6) is 1.99. The maximum absolute atomic E-state index is 12.8. The van der Waals surface area contributed by atoms with Gasteiger partial charge in [0.25, 0.3) is 0 Å². The van der Waals surface area contributed by atoms with Crippen LogP contribution < -0.4 is 4.31 Å². The number of amides is 1. The zero-order valence-corrected chi connectivity index (χ0v) is 21.1. The van der Waals surface area contributed by atoms with Crippen molar-refractivity contribution in [1.82, 2.24) is 19.7 Å². The van der Waals surface area contributed by atoms with Crippen LogP contribution in [0.15, 0.2) is 29.4 Å². The molecule has 8 nitrogen and oxygen atoms in total. The third-order valence-electron chi connectivity index (χ3n) is 5.66. The van der Waals surface area contributed by atoms with Gasteiger partial charge in [0.15, 0.2) is 11.0 Å². The average molecular weight is 480 g/mol. The van der Waals surface area contributed by atoms with Crippen molar-refractivity contribution in [3.63, 3.8) is 0 Å². The molecular formula is C22H33N5O3S2. The van der Waals surface area contributed by atoms with E-state index in [0.29, 0.717) is 40.8 Å². The Balaban J connectivity index is 1.73. The van der Waals surface area contributed by atoms with Crippen LogP contribution >= 0.6 is 11.8 Å². The molecule has 1 aliphatic rings.